The first kappa shape index (κ1) is 16.1. The Labute approximate surface area is 133 Å². The fourth-order valence-electron chi connectivity index (χ4n) is 2.73. The molecule has 1 aromatic rings. The minimum absolute atomic E-state index is 0.0234. The van der Waals surface area contributed by atoms with Crippen molar-refractivity contribution in [2.24, 2.45) is 11.8 Å². The van der Waals surface area contributed by atoms with Gasteiger partial charge in [-0.25, -0.2) is 0 Å². The molecule has 21 heavy (non-hydrogen) atoms. The van der Waals surface area contributed by atoms with Crippen LogP contribution >= 0.6 is 23.2 Å². The van der Waals surface area contributed by atoms with Crippen LogP contribution in [0.5, 0.6) is 0 Å². The molecule has 4 nitrogen and oxygen atoms in total. The maximum absolute atomic E-state index is 12.4. The zero-order chi connectivity index (χ0) is 15.6. The molecule has 6 heteroatoms. The van der Waals surface area contributed by atoms with Gasteiger partial charge in [-0.1, -0.05) is 29.3 Å². The standard InChI is InChI=1S/C15H17Cl2NO3/c1-18(8-11-4-5-12(16)7-13(11)17)14(19)9-2-3-10(6-9)15(20)21/h4-5,7,9-10H,2-3,6,8H2,1H3,(H,20,21)/t9-,10+/m1/s1. The second-order valence-electron chi connectivity index (χ2n) is 5.48. The van der Waals surface area contributed by atoms with E-state index in [-0.39, 0.29) is 11.8 Å². The number of hydrogen-bond donors (Lipinski definition) is 1. The van der Waals surface area contributed by atoms with Gasteiger partial charge in [0.2, 0.25) is 5.91 Å². The zero-order valence-electron chi connectivity index (χ0n) is 11.7. The number of amides is 1. The largest absolute Gasteiger partial charge is 0.481 e. The number of halogens is 2. The third-order valence-corrected chi connectivity index (χ3v) is 4.52. The predicted molar refractivity (Wildman–Crippen MR) is 81.4 cm³/mol. The van der Waals surface area contributed by atoms with Gasteiger partial charge < -0.3 is 10.0 Å². The van der Waals surface area contributed by atoms with E-state index in [2.05, 4.69) is 0 Å². The minimum Gasteiger partial charge on any atom is -0.481 e. The first-order valence-corrected chi connectivity index (χ1v) is 7.55. The van der Waals surface area contributed by atoms with Crippen molar-refractivity contribution in [3.05, 3.63) is 33.8 Å². The highest BCUT2D eigenvalue weighted by atomic mass is 35.5. The van der Waals surface area contributed by atoms with Crippen LogP contribution < -0.4 is 0 Å². The Morgan fingerprint density at radius 1 is 1.29 bits per heavy atom. The fourth-order valence-corrected chi connectivity index (χ4v) is 3.19. The van der Waals surface area contributed by atoms with Crippen molar-refractivity contribution in [2.75, 3.05) is 7.05 Å². The molecule has 114 valence electrons. The molecule has 2 atom stereocenters. The van der Waals surface area contributed by atoms with Crippen molar-refractivity contribution in [1.29, 1.82) is 0 Å². The summed E-state index contributed by atoms with van der Waals surface area (Å²) in [6.45, 7) is 0.392. The van der Waals surface area contributed by atoms with Crippen LogP contribution in [0.3, 0.4) is 0 Å². The summed E-state index contributed by atoms with van der Waals surface area (Å²) in [7, 11) is 1.71. The zero-order valence-corrected chi connectivity index (χ0v) is 13.2. The molecule has 1 aliphatic carbocycles. The number of benzene rings is 1. The molecule has 1 amide bonds. The molecule has 2 rings (SSSR count). The molecule has 0 radical (unpaired) electrons. The van der Waals surface area contributed by atoms with Gasteiger partial charge in [-0.05, 0) is 37.0 Å². The molecule has 1 aromatic carbocycles. The summed E-state index contributed by atoms with van der Waals surface area (Å²) in [5.41, 5.74) is 0.824. The number of carboxylic acid groups (broad SMARTS) is 1. The van der Waals surface area contributed by atoms with Gasteiger partial charge in [0.25, 0.3) is 0 Å². The lowest BCUT2D eigenvalue weighted by Gasteiger charge is -2.21. The first-order chi connectivity index (χ1) is 9.88. The molecule has 1 fully saturated rings. The molecule has 0 spiro atoms. The second-order valence-corrected chi connectivity index (χ2v) is 6.32. The molecule has 0 bridgehead atoms. The van der Waals surface area contributed by atoms with Crippen molar-refractivity contribution >= 4 is 35.1 Å². The van der Waals surface area contributed by atoms with Gasteiger partial charge in [0.15, 0.2) is 0 Å². The fraction of sp³-hybridized carbons (Fsp3) is 0.467. The number of aliphatic carboxylic acids is 1. The van der Waals surface area contributed by atoms with Crippen LogP contribution in [0.15, 0.2) is 18.2 Å². The van der Waals surface area contributed by atoms with Gasteiger partial charge in [-0.2, -0.15) is 0 Å². The summed E-state index contributed by atoms with van der Waals surface area (Å²) in [5.74, 6) is -1.44. The average molecular weight is 330 g/mol. The highest BCUT2D eigenvalue weighted by Crippen LogP contribution is 2.32. The Bertz CT molecular complexity index is 562. The summed E-state index contributed by atoms with van der Waals surface area (Å²) in [6.07, 6.45) is 1.63. The summed E-state index contributed by atoms with van der Waals surface area (Å²) < 4.78 is 0. The highest BCUT2D eigenvalue weighted by Gasteiger charge is 2.35. The van der Waals surface area contributed by atoms with Crippen LogP contribution in [0.2, 0.25) is 10.0 Å². The Morgan fingerprint density at radius 3 is 2.52 bits per heavy atom. The molecule has 0 unspecified atom stereocenters. The van der Waals surface area contributed by atoms with E-state index in [0.717, 1.165) is 5.56 Å². The van der Waals surface area contributed by atoms with Gasteiger partial charge in [0, 0.05) is 29.6 Å². The Balaban J connectivity index is 1.98. The molecule has 0 saturated heterocycles. The summed E-state index contributed by atoms with van der Waals surface area (Å²) in [4.78, 5) is 24.9. The van der Waals surface area contributed by atoms with Crippen molar-refractivity contribution in [1.82, 2.24) is 4.90 Å². The third-order valence-electron chi connectivity index (χ3n) is 3.93. The predicted octanol–water partition coefficient (Wildman–Crippen LogP) is 3.45. The van der Waals surface area contributed by atoms with Crippen LogP contribution in [0.25, 0.3) is 0 Å². The van der Waals surface area contributed by atoms with E-state index >= 15 is 0 Å². The molecule has 1 saturated carbocycles. The maximum Gasteiger partial charge on any atom is 0.306 e. The van der Waals surface area contributed by atoms with E-state index in [1.165, 1.54) is 0 Å². The van der Waals surface area contributed by atoms with Crippen LogP contribution in [0.1, 0.15) is 24.8 Å². The average Bonchev–Trinajstić information content (AvgIpc) is 2.90. The number of rotatable bonds is 4. The quantitative estimate of drug-likeness (QED) is 0.920. The third kappa shape index (κ3) is 3.89. The number of carbonyl (C=O) groups excluding carboxylic acids is 1. The number of carboxylic acids is 1. The lowest BCUT2D eigenvalue weighted by Crippen LogP contribution is -2.31. The van der Waals surface area contributed by atoms with Gasteiger partial charge in [-0.3, -0.25) is 9.59 Å². The van der Waals surface area contributed by atoms with Crippen LogP contribution in [0.4, 0.5) is 0 Å². The Morgan fingerprint density at radius 2 is 1.95 bits per heavy atom. The highest BCUT2D eigenvalue weighted by molar-refractivity contribution is 6.35. The second kappa shape index (κ2) is 6.67. The van der Waals surface area contributed by atoms with Crippen molar-refractivity contribution in [2.45, 2.75) is 25.8 Å². The summed E-state index contributed by atoms with van der Waals surface area (Å²) in [5, 5.41) is 10.1. The molecule has 1 N–H and O–H groups in total. The molecular formula is C15H17Cl2NO3. The Kier molecular flexibility index (Phi) is 5.12. The first-order valence-electron chi connectivity index (χ1n) is 6.80. The van der Waals surface area contributed by atoms with E-state index in [9.17, 15) is 9.59 Å². The summed E-state index contributed by atoms with van der Waals surface area (Å²) >= 11 is 11.9. The molecule has 0 aliphatic heterocycles. The summed E-state index contributed by atoms with van der Waals surface area (Å²) in [6, 6.07) is 5.17. The van der Waals surface area contributed by atoms with Gasteiger partial charge in [0.05, 0.1) is 5.92 Å². The number of carbonyl (C=O) groups is 2. The topological polar surface area (TPSA) is 57.6 Å². The van der Waals surface area contributed by atoms with Crippen LogP contribution in [-0.2, 0) is 16.1 Å². The Hall–Kier alpha value is -1.26. The van der Waals surface area contributed by atoms with E-state index < -0.39 is 11.9 Å². The van der Waals surface area contributed by atoms with Crippen LogP contribution in [-0.4, -0.2) is 28.9 Å². The number of nitrogens with zero attached hydrogens (tertiary/aromatic N) is 1. The monoisotopic (exact) mass is 329 g/mol. The van der Waals surface area contributed by atoms with Crippen LogP contribution in [0, 0.1) is 11.8 Å². The maximum atomic E-state index is 12.4. The van der Waals surface area contributed by atoms with E-state index in [1.54, 1.807) is 30.1 Å². The van der Waals surface area contributed by atoms with Crippen molar-refractivity contribution in [3.8, 4) is 0 Å². The van der Waals surface area contributed by atoms with E-state index in [0.29, 0.717) is 35.9 Å². The molecular weight excluding hydrogens is 313 g/mol. The SMILES string of the molecule is CN(Cc1ccc(Cl)cc1Cl)C(=O)[C@@H]1CC[C@H](C(=O)O)C1. The van der Waals surface area contributed by atoms with Crippen molar-refractivity contribution < 1.29 is 14.7 Å². The minimum atomic E-state index is -0.811. The normalized spacial score (nSPS) is 21.3. The number of hydrogen-bond acceptors (Lipinski definition) is 2. The van der Waals surface area contributed by atoms with Gasteiger partial charge >= 0.3 is 5.97 Å². The van der Waals surface area contributed by atoms with Gasteiger partial charge in [0.1, 0.15) is 0 Å². The van der Waals surface area contributed by atoms with E-state index in [1.807, 2.05) is 0 Å². The lowest BCUT2D eigenvalue weighted by atomic mass is 10.0. The van der Waals surface area contributed by atoms with Crippen molar-refractivity contribution in [3.63, 3.8) is 0 Å². The smallest absolute Gasteiger partial charge is 0.306 e. The molecule has 0 aromatic heterocycles. The molecule has 1 aliphatic rings. The molecule has 0 heterocycles. The van der Waals surface area contributed by atoms with E-state index in [4.69, 9.17) is 28.3 Å². The lowest BCUT2D eigenvalue weighted by molar-refractivity contribution is -0.141. The van der Waals surface area contributed by atoms with Gasteiger partial charge in [-0.15, -0.1) is 0 Å².